The molecule has 0 saturated carbocycles. The summed E-state index contributed by atoms with van der Waals surface area (Å²) >= 11 is 3.28. The number of nitrogens with zero attached hydrogens (tertiary/aromatic N) is 2. The highest BCUT2D eigenvalue weighted by Crippen LogP contribution is 2.29. The zero-order valence-corrected chi connectivity index (χ0v) is 10.1. The molecule has 0 amide bonds. The molecule has 1 aromatic heterocycles. The van der Waals surface area contributed by atoms with Crippen molar-refractivity contribution < 1.29 is 9.84 Å². The van der Waals surface area contributed by atoms with Gasteiger partial charge in [-0.1, -0.05) is 0 Å². The highest BCUT2D eigenvalue weighted by Gasteiger charge is 2.05. The molecule has 5 heteroatoms. The lowest BCUT2D eigenvalue weighted by molar-refractivity contribution is 0.442. The molecule has 0 aliphatic carbocycles. The molecule has 82 valence electrons. The van der Waals surface area contributed by atoms with Crippen LogP contribution in [0.3, 0.4) is 0 Å². The van der Waals surface area contributed by atoms with Crippen LogP contribution in [0.15, 0.2) is 35.2 Å². The molecular formula is C11H9BrN2O2. The molecule has 4 nitrogen and oxygen atoms in total. The quantitative estimate of drug-likeness (QED) is 0.919. The Hall–Kier alpha value is -1.62. The Morgan fingerprint density at radius 1 is 1.31 bits per heavy atom. The summed E-state index contributed by atoms with van der Waals surface area (Å²) in [5, 5.41) is 9.42. The predicted molar refractivity (Wildman–Crippen MR) is 62.6 cm³/mol. The summed E-state index contributed by atoms with van der Waals surface area (Å²) in [5.41, 5.74) is 0.917. The number of hydrogen-bond acceptors (Lipinski definition) is 4. The third-order valence-electron chi connectivity index (χ3n) is 1.88. The molecule has 0 unspecified atom stereocenters. The largest absolute Gasteiger partial charge is 0.508 e. The smallest absolute Gasteiger partial charge is 0.236 e. The van der Waals surface area contributed by atoms with Gasteiger partial charge in [0.2, 0.25) is 5.88 Å². The van der Waals surface area contributed by atoms with E-state index in [-0.39, 0.29) is 5.75 Å². The fourth-order valence-electron chi connectivity index (χ4n) is 1.28. The van der Waals surface area contributed by atoms with Gasteiger partial charge in [0.25, 0.3) is 0 Å². The van der Waals surface area contributed by atoms with Gasteiger partial charge in [0.15, 0.2) is 0 Å². The Labute approximate surface area is 101 Å². The summed E-state index contributed by atoms with van der Waals surface area (Å²) in [6, 6.07) is 5.00. The second kappa shape index (κ2) is 4.49. The first-order chi connectivity index (χ1) is 7.65. The van der Waals surface area contributed by atoms with Gasteiger partial charge in [-0.15, -0.1) is 0 Å². The summed E-state index contributed by atoms with van der Waals surface area (Å²) in [5.74, 6) is 1.12. The SMILES string of the molecule is Cc1cc(O)cc(Oc2ncncc2Br)c1. The summed E-state index contributed by atoms with van der Waals surface area (Å²) in [7, 11) is 0. The Kier molecular flexibility index (Phi) is 3.05. The van der Waals surface area contributed by atoms with Gasteiger partial charge in [0, 0.05) is 12.3 Å². The molecule has 0 spiro atoms. The van der Waals surface area contributed by atoms with Crippen LogP contribution in [0.5, 0.6) is 17.4 Å². The third-order valence-corrected chi connectivity index (χ3v) is 2.43. The lowest BCUT2D eigenvalue weighted by Gasteiger charge is -2.07. The van der Waals surface area contributed by atoms with Crippen LogP contribution in [-0.4, -0.2) is 15.1 Å². The van der Waals surface area contributed by atoms with Crippen LogP contribution >= 0.6 is 15.9 Å². The second-order valence-corrected chi connectivity index (χ2v) is 4.14. The molecule has 2 aromatic rings. The Morgan fingerprint density at radius 3 is 2.81 bits per heavy atom. The number of phenols is 1. The van der Waals surface area contributed by atoms with Gasteiger partial charge in [-0.2, -0.15) is 0 Å². The van der Waals surface area contributed by atoms with Crippen LogP contribution < -0.4 is 4.74 Å². The first-order valence-electron chi connectivity index (χ1n) is 4.59. The lowest BCUT2D eigenvalue weighted by Crippen LogP contribution is -1.90. The molecule has 2 rings (SSSR count). The van der Waals surface area contributed by atoms with Crippen molar-refractivity contribution in [3.63, 3.8) is 0 Å². The molecule has 0 bridgehead atoms. The minimum atomic E-state index is 0.167. The molecule has 0 atom stereocenters. The average molecular weight is 281 g/mol. The molecule has 0 fully saturated rings. The summed E-state index contributed by atoms with van der Waals surface area (Å²) < 4.78 is 6.18. The van der Waals surface area contributed by atoms with Crippen molar-refractivity contribution in [1.29, 1.82) is 0 Å². The molecule has 0 radical (unpaired) electrons. The van der Waals surface area contributed by atoms with Crippen LogP contribution in [0.1, 0.15) is 5.56 Å². The highest BCUT2D eigenvalue weighted by atomic mass is 79.9. The van der Waals surface area contributed by atoms with Crippen LogP contribution in [0.4, 0.5) is 0 Å². The molecule has 0 saturated heterocycles. The maximum atomic E-state index is 9.42. The Bertz CT molecular complexity index is 497. The molecule has 1 N–H and O–H groups in total. The molecular weight excluding hydrogens is 272 g/mol. The Morgan fingerprint density at radius 2 is 2.12 bits per heavy atom. The minimum Gasteiger partial charge on any atom is -0.508 e. The summed E-state index contributed by atoms with van der Waals surface area (Å²) in [4.78, 5) is 7.81. The zero-order valence-electron chi connectivity index (χ0n) is 8.51. The van der Waals surface area contributed by atoms with Gasteiger partial charge in [0.1, 0.15) is 17.8 Å². The monoisotopic (exact) mass is 280 g/mol. The number of aromatic nitrogens is 2. The summed E-state index contributed by atoms with van der Waals surface area (Å²) in [6.07, 6.45) is 2.99. The van der Waals surface area contributed by atoms with Crippen molar-refractivity contribution in [3.05, 3.63) is 40.8 Å². The Balaban J connectivity index is 2.30. The standard InChI is InChI=1S/C11H9BrN2O2/c1-7-2-8(15)4-9(3-7)16-11-10(12)5-13-6-14-11/h2-6,15H,1H3. The van der Waals surface area contributed by atoms with Crippen molar-refractivity contribution in [2.24, 2.45) is 0 Å². The maximum Gasteiger partial charge on any atom is 0.236 e. The number of aryl methyl sites for hydroxylation is 1. The van der Waals surface area contributed by atoms with Crippen molar-refractivity contribution in [3.8, 4) is 17.4 Å². The van der Waals surface area contributed by atoms with Gasteiger partial charge >= 0.3 is 0 Å². The van der Waals surface area contributed by atoms with Crippen molar-refractivity contribution in [2.45, 2.75) is 6.92 Å². The van der Waals surface area contributed by atoms with E-state index in [0.717, 1.165) is 5.56 Å². The van der Waals surface area contributed by atoms with Crippen LogP contribution in [0.2, 0.25) is 0 Å². The van der Waals surface area contributed by atoms with E-state index < -0.39 is 0 Å². The number of halogens is 1. The van der Waals surface area contributed by atoms with E-state index in [9.17, 15) is 5.11 Å². The fourth-order valence-corrected chi connectivity index (χ4v) is 1.58. The summed E-state index contributed by atoms with van der Waals surface area (Å²) in [6.45, 7) is 1.88. The van der Waals surface area contributed by atoms with Gasteiger partial charge < -0.3 is 9.84 Å². The number of hydrogen-bond donors (Lipinski definition) is 1. The van der Waals surface area contributed by atoms with Gasteiger partial charge in [0.05, 0.1) is 4.47 Å². The normalized spacial score (nSPS) is 10.1. The van der Waals surface area contributed by atoms with E-state index >= 15 is 0 Å². The van der Waals surface area contributed by atoms with E-state index in [4.69, 9.17) is 4.74 Å². The number of aromatic hydroxyl groups is 1. The van der Waals surface area contributed by atoms with E-state index in [1.165, 1.54) is 12.4 Å². The second-order valence-electron chi connectivity index (χ2n) is 3.28. The highest BCUT2D eigenvalue weighted by molar-refractivity contribution is 9.10. The van der Waals surface area contributed by atoms with Crippen molar-refractivity contribution in [1.82, 2.24) is 9.97 Å². The predicted octanol–water partition coefficient (Wildman–Crippen LogP) is 3.05. The van der Waals surface area contributed by atoms with Gasteiger partial charge in [-0.3, -0.25) is 0 Å². The van der Waals surface area contributed by atoms with E-state index in [1.54, 1.807) is 12.3 Å². The van der Waals surface area contributed by atoms with E-state index in [0.29, 0.717) is 16.1 Å². The number of ether oxygens (including phenoxy) is 1. The molecule has 0 aliphatic rings. The first-order valence-corrected chi connectivity index (χ1v) is 5.38. The zero-order chi connectivity index (χ0) is 11.5. The molecule has 16 heavy (non-hydrogen) atoms. The van der Waals surface area contributed by atoms with Crippen LogP contribution in [-0.2, 0) is 0 Å². The van der Waals surface area contributed by atoms with Crippen LogP contribution in [0.25, 0.3) is 0 Å². The van der Waals surface area contributed by atoms with E-state index in [1.807, 2.05) is 13.0 Å². The molecule has 1 aromatic carbocycles. The lowest BCUT2D eigenvalue weighted by atomic mass is 10.2. The maximum absolute atomic E-state index is 9.42. The first kappa shape index (κ1) is 10.9. The van der Waals surface area contributed by atoms with Gasteiger partial charge in [-0.25, -0.2) is 9.97 Å². The number of rotatable bonds is 2. The third kappa shape index (κ3) is 2.49. The fraction of sp³-hybridized carbons (Fsp3) is 0.0909. The average Bonchev–Trinajstić information content (AvgIpc) is 2.20. The minimum absolute atomic E-state index is 0.167. The van der Waals surface area contributed by atoms with Crippen LogP contribution in [0, 0.1) is 6.92 Å². The number of phenolic OH excluding ortho intramolecular Hbond substituents is 1. The van der Waals surface area contributed by atoms with Crippen molar-refractivity contribution >= 4 is 15.9 Å². The topological polar surface area (TPSA) is 55.2 Å². The van der Waals surface area contributed by atoms with Gasteiger partial charge in [-0.05, 0) is 40.5 Å². The molecule has 1 heterocycles. The number of benzene rings is 1. The van der Waals surface area contributed by atoms with E-state index in [2.05, 4.69) is 25.9 Å². The molecule has 0 aliphatic heterocycles. The van der Waals surface area contributed by atoms with Crippen molar-refractivity contribution in [2.75, 3.05) is 0 Å².